The van der Waals surface area contributed by atoms with E-state index in [1.165, 1.54) is 36.5 Å². The summed E-state index contributed by atoms with van der Waals surface area (Å²) in [5.74, 6) is 0. The Bertz CT molecular complexity index is 908. The van der Waals surface area contributed by atoms with Gasteiger partial charge in [0.15, 0.2) is 0 Å². The first-order valence-electron chi connectivity index (χ1n) is 7.06. The molecule has 0 saturated carbocycles. The fourth-order valence-electron chi connectivity index (χ4n) is 2.05. The third kappa shape index (κ3) is 4.75. The van der Waals surface area contributed by atoms with E-state index in [1.54, 1.807) is 31.1 Å². The van der Waals surface area contributed by atoms with Gasteiger partial charge in [-0.2, -0.15) is 5.10 Å². The molecule has 0 aliphatic rings. The van der Waals surface area contributed by atoms with Crippen molar-refractivity contribution in [2.45, 2.75) is 4.90 Å². The van der Waals surface area contributed by atoms with Gasteiger partial charge in [0.2, 0.25) is 10.0 Å². The third-order valence-electron chi connectivity index (χ3n) is 3.27. The topological polar surface area (TPSA) is 131 Å². The highest BCUT2D eigenvalue weighted by atomic mass is 32.2. The van der Waals surface area contributed by atoms with Crippen molar-refractivity contribution in [1.82, 2.24) is 0 Å². The maximum Gasteiger partial charge on any atom is 0.293 e. The summed E-state index contributed by atoms with van der Waals surface area (Å²) in [4.78, 5) is 12.3. The number of primary sulfonamides is 1. The minimum absolute atomic E-state index is 0.00284. The third-order valence-corrected chi connectivity index (χ3v) is 4.20. The lowest BCUT2D eigenvalue weighted by Gasteiger charge is -2.12. The molecule has 0 atom stereocenters. The summed E-state index contributed by atoms with van der Waals surface area (Å²) >= 11 is 0. The smallest absolute Gasteiger partial charge is 0.293 e. The van der Waals surface area contributed by atoms with Crippen LogP contribution in [0.1, 0.15) is 5.56 Å². The van der Waals surface area contributed by atoms with Crippen LogP contribution in [0.4, 0.5) is 17.1 Å². The number of benzene rings is 2. The number of sulfonamides is 1. The van der Waals surface area contributed by atoms with Gasteiger partial charge in [0.05, 0.1) is 21.7 Å². The molecular weight excluding hydrogens is 346 g/mol. The molecule has 0 aromatic heterocycles. The Morgan fingerprint density at radius 2 is 1.84 bits per heavy atom. The molecule has 0 aliphatic heterocycles. The molecule has 132 valence electrons. The molecule has 2 aromatic rings. The largest absolute Gasteiger partial charge is 0.372 e. The van der Waals surface area contributed by atoms with E-state index in [4.69, 9.17) is 5.14 Å². The summed E-state index contributed by atoms with van der Waals surface area (Å²) in [7, 11) is -0.291. The van der Waals surface area contributed by atoms with Gasteiger partial charge >= 0.3 is 0 Å². The van der Waals surface area contributed by atoms with Crippen molar-refractivity contribution in [1.29, 1.82) is 0 Å². The molecule has 0 heterocycles. The van der Waals surface area contributed by atoms with Gasteiger partial charge in [-0.1, -0.05) is 6.07 Å². The van der Waals surface area contributed by atoms with E-state index in [9.17, 15) is 18.5 Å². The van der Waals surface area contributed by atoms with Crippen molar-refractivity contribution in [3.8, 4) is 0 Å². The molecule has 0 unspecified atom stereocenters. The highest BCUT2D eigenvalue weighted by Gasteiger charge is 2.15. The number of rotatable bonds is 6. The number of nitro benzene ring substituents is 1. The zero-order valence-electron chi connectivity index (χ0n) is 13.6. The Balaban J connectivity index is 2.14. The molecule has 2 rings (SSSR count). The highest BCUT2D eigenvalue weighted by Crippen LogP contribution is 2.27. The Hall–Kier alpha value is -2.98. The minimum atomic E-state index is -3.74. The predicted octanol–water partition coefficient (Wildman–Crippen LogP) is 1.75. The molecule has 0 bridgehead atoms. The number of hydrazone groups is 1. The molecular formula is C15H17N5O4S. The van der Waals surface area contributed by atoms with Gasteiger partial charge in [-0.25, -0.2) is 13.6 Å². The molecule has 0 aliphatic carbocycles. The summed E-state index contributed by atoms with van der Waals surface area (Å²) in [5, 5.41) is 20.2. The van der Waals surface area contributed by atoms with Gasteiger partial charge in [-0.15, -0.1) is 0 Å². The van der Waals surface area contributed by atoms with Crippen LogP contribution in [0.15, 0.2) is 52.5 Å². The van der Waals surface area contributed by atoms with Crippen molar-refractivity contribution in [2.24, 2.45) is 10.2 Å². The van der Waals surface area contributed by atoms with E-state index in [1.807, 2.05) is 0 Å². The van der Waals surface area contributed by atoms with Crippen LogP contribution in [0, 0.1) is 10.1 Å². The number of nitrogens with two attached hydrogens (primary N) is 1. The van der Waals surface area contributed by atoms with Crippen LogP contribution in [-0.4, -0.2) is 33.7 Å². The number of hydrogen-bond donors (Lipinski definition) is 2. The van der Waals surface area contributed by atoms with Crippen molar-refractivity contribution in [3.63, 3.8) is 0 Å². The zero-order valence-corrected chi connectivity index (χ0v) is 14.4. The lowest BCUT2D eigenvalue weighted by Crippen LogP contribution is -2.11. The maximum absolute atomic E-state index is 11.2. The Morgan fingerprint density at radius 1 is 1.20 bits per heavy atom. The average Bonchev–Trinajstić information content (AvgIpc) is 2.54. The highest BCUT2D eigenvalue weighted by molar-refractivity contribution is 7.89. The molecule has 0 saturated heterocycles. The quantitative estimate of drug-likeness (QED) is 0.457. The minimum Gasteiger partial charge on any atom is -0.372 e. The first kappa shape index (κ1) is 18.4. The monoisotopic (exact) mass is 363 g/mol. The van der Waals surface area contributed by atoms with Crippen LogP contribution in [-0.2, 0) is 10.0 Å². The molecule has 2 aromatic carbocycles. The molecule has 0 spiro atoms. The first-order valence-corrected chi connectivity index (χ1v) is 8.61. The summed E-state index contributed by atoms with van der Waals surface area (Å²) in [6.45, 7) is 0. The SMILES string of the molecule is CN(C)c1ccc(C=NNc2ccc(S(N)(=O)=O)cc2)cc1[N+](=O)[O-]. The van der Waals surface area contributed by atoms with Crippen LogP contribution < -0.4 is 15.5 Å². The molecule has 10 heteroatoms. The van der Waals surface area contributed by atoms with Crippen molar-refractivity contribution in [2.75, 3.05) is 24.4 Å². The zero-order chi connectivity index (χ0) is 18.6. The van der Waals surface area contributed by atoms with Gasteiger partial charge < -0.3 is 4.90 Å². The van der Waals surface area contributed by atoms with Gasteiger partial charge in [-0.05, 0) is 30.3 Å². The molecule has 0 amide bonds. The second-order valence-corrected chi connectivity index (χ2v) is 6.90. The number of hydrogen-bond acceptors (Lipinski definition) is 7. The van der Waals surface area contributed by atoms with E-state index in [2.05, 4.69) is 10.5 Å². The predicted molar refractivity (Wildman–Crippen MR) is 96.5 cm³/mol. The number of nitrogens with zero attached hydrogens (tertiary/aromatic N) is 3. The number of nitro groups is 1. The standard InChI is InChI=1S/C15H17N5O4S/c1-19(2)14-8-3-11(9-15(14)20(21)22)10-17-18-12-4-6-13(7-5-12)25(16,23)24/h3-10,18H,1-2H3,(H2,16,23,24). The van der Waals surface area contributed by atoms with E-state index in [0.717, 1.165) is 0 Å². The molecule has 25 heavy (non-hydrogen) atoms. The summed E-state index contributed by atoms with van der Waals surface area (Å²) < 4.78 is 22.3. The Morgan fingerprint density at radius 3 is 2.36 bits per heavy atom. The molecule has 9 nitrogen and oxygen atoms in total. The Labute approximate surface area is 145 Å². The summed E-state index contributed by atoms with van der Waals surface area (Å²) in [5.41, 5.74) is 4.28. The van der Waals surface area contributed by atoms with Crippen molar-refractivity contribution in [3.05, 3.63) is 58.1 Å². The Kier molecular flexibility index (Phi) is 5.35. The molecule has 0 radical (unpaired) electrons. The summed E-state index contributed by atoms with van der Waals surface area (Å²) in [6, 6.07) is 10.5. The van der Waals surface area contributed by atoms with Crippen molar-refractivity contribution >= 4 is 33.3 Å². The van der Waals surface area contributed by atoms with Crippen molar-refractivity contribution < 1.29 is 13.3 Å². The van der Waals surface area contributed by atoms with E-state index in [-0.39, 0.29) is 10.6 Å². The van der Waals surface area contributed by atoms with Crippen LogP contribution in [0.25, 0.3) is 0 Å². The van der Waals surface area contributed by atoms with Gasteiger partial charge in [0.1, 0.15) is 5.69 Å². The average molecular weight is 363 g/mol. The van der Waals surface area contributed by atoms with Crippen LogP contribution in [0.3, 0.4) is 0 Å². The normalized spacial score (nSPS) is 11.5. The maximum atomic E-state index is 11.2. The van der Waals surface area contributed by atoms with Gasteiger partial charge in [0, 0.05) is 25.7 Å². The van der Waals surface area contributed by atoms with E-state index in [0.29, 0.717) is 16.9 Å². The second kappa shape index (κ2) is 7.28. The van der Waals surface area contributed by atoms with E-state index < -0.39 is 14.9 Å². The van der Waals surface area contributed by atoms with Crippen LogP contribution >= 0.6 is 0 Å². The van der Waals surface area contributed by atoms with Gasteiger partial charge in [-0.3, -0.25) is 15.5 Å². The second-order valence-electron chi connectivity index (χ2n) is 5.34. The molecule has 0 fully saturated rings. The number of nitrogens with one attached hydrogen (secondary N) is 1. The van der Waals surface area contributed by atoms with Crippen LogP contribution in [0.2, 0.25) is 0 Å². The van der Waals surface area contributed by atoms with Crippen LogP contribution in [0.5, 0.6) is 0 Å². The summed E-state index contributed by atoms with van der Waals surface area (Å²) in [6.07, 6.45) is 1.43. The fraction of sp³-hybridized carbons (Fsp3) is 0.133. The van der Waals surface area contributed by atoms with E-state index >= 15 is 0 Å². The first-order chi connectivity index (χ1) is 11.7. The lowest BCUT2D eigenvalue weighted by atomic mass is 10.2. The number of anilines is 2. The molecule has 3 N–H and O–H groups in total. The lowest BCUT2D eigenvalue weighted by molar-refractivity contribution is -0.384. The fourth-order valence-corrected chi connectivity index (χ4v) is 2.56. The van der Waals surface area contributed by atoms with Gasteiger partial charge in [0.25, 0.3) is 5.69 Å².